The molecule has 0 fully saturated rings. The van der Waals surface area contributed by atoms with Gasteiger partial charge in [-0.25, -0.2) is 14.8 Å². The molecule has 0 aliphatic heterocycles. The maximum Gasteiger partial charge on any atom is 0.411 e. The Bertz CT molecular complexity index is 1630. The zero-order valence-corrected chi connectivity index (χ0v) is 20.7. The smallest absolute Gasteiger partial charge is 0.411 e. The number of ether oxygens (including phenoxy) is 1. The molecular weight excluding hydrogens is 454 g/mol. The van der Waals surface area contributed by atoms with Crippen LogP contribution in [0.2, 0.25) is 0 Å². The standard InChI is InChI=1S/C28H27N5O3/c1-5-24-31-25-17(2)14-18(3)29-26(25)33(24)16-19-10-11-23-20(15-19)12-13-32(23)27(34)21-8-6-7-9-22(21)30-28(35)36-4/h6-15H,5,16H2,1-4H3,(H,30,35). The Balaban J connectivity index is 1.50. The molecule has 3 aromatic heterocycles. The maximum atomic E-state index is 13.4. The van der Waals surface area contributed by atoms with Crippen LogP contribution in [-0.2, 0) is 17.7 Å². The van der Waals surface area contributed by atoms with Gasteiger partial charge in [0.1, 0.15) is 11.3 Å². The second-order valence-corrected chi connectivity index (χ2v) is 8.77. The van der Waals surface area contributed by atoms with E-state index in [0.717, 1.165) is 51.1 Å². The van der Waals surface area contributed by atoms with Gasteiger partial charge in [0, 0.05) is 23.7 Å². The molecule has 2 aromatic carbocycles. The lowest BCUT2D eigenvalue weighted by Gasteiger charge is -2.11. The van der Waals surface area contributed by atoms with Crippen molar-refractivity contribution in [3.05, 3.63) is 89.0 Å². The molecule has 0 spiro atoms. The van der Waals surface area contributed by atoms with Crippen LogP contribution in [0.5, 0.6) is 0 Å². The first-order valence-corrected chi connectivity index (χ1v) is 11.8. The quantitative estimate of drug-likeness (QED) is 0.359. The molecule has 36 heavy (non-hydrogen) atoms. The van der Waals surface area contributed by atoms with Crippen molar-refractivity contribution in [2.24, 2.45) is 0 Å². The Hall–Kier alpha value is -4.46. The number of imidazole rings is 1. The van der Waals surface area contributed by atoms with E-state index in [0.29, 0.717) is 17.8 Å². The van der Waals surface area contributed by atoms with E-state index >= 15 is 0 Å². The average Bonchev–Trinajstić information content (AvgIpc) is 3.45. The molecule has 0 atom stereocenters. The number of nitrogens with zero attached hydrogens (tertiary/aromatic N) is 4. The van der Waals surface area contributed by atoms with E-state index in [-0.39, 0.29) is 5.91 Å². The largest absolute Gasteiger partial charge is 0.453 e. The number of benzene rings is 2. The van der Waals surface area contributed by atoms with Crippen LogP contribution in [0.25, 0.3) is 22.1 Å². The van der Waals surface area contributed by atoms with Gasteiger partial charge in [-0.3, -0.25) is 14.7 Å². The van der Waals surface area contributed by atoms with Crippen LogP contribution >= 0.6 is 0 Å². The molecule has 8 nitrogen and oxygen atoms in total. The summed E-state index contributed by atoms with van der Waals surface area (Å²) in [6, 6.07) is 16.9. The van der Waals surface area contributed by atoms with Crippen LogP contribution in [0, 0.1) is 13.8 Å². The van der Waals surface area contributed by atoms with E-state index < -0.39 is 6.09 Å². The Morgan fingerprint density at radius 1 is 1.03 bits per heavy atom. The Labute approximate surface area is 208 Å². The summed E-state index contributed by atoms with van der Waals surface area (Å²) in [4.78, 5) is 34.7. The van der Waals surface area contributed by atoms with Gasteiger partial charge in [-0.05, 0) is 61.4 Å². The summed E-state index contributed by atoms with van der Waals surface area (Å²) < 4.78 is 8.45. The first-order chi connectivity index (χ1) is 17.4. The van der Waals surface area contributed by atoms with E-state index in [4.69, 9.17) is 9.97 Å². The molecule has 0 radical (unpaired) electrons. The highest BCUT2D eigenvalue weighted by atomic mass is 16.5. The van der Waals surface area contributed by atoms with Crippen LogP contribution in [0.4, 0.5) is 10.5 Å². The summed E-state index contributed by atoms with van der Waals surface area (Å²) in [5.74, 6) is 0.752. The van der Waals surface area contributed by atoms with Crippen molar-refractivity contribution in [1.82, 2.24) is 19.1 Å². The van der Waals surface area contributed by atoms with E-state index in [1.165, 1.54) is 7.11 Å². The molecule has 5 aromatic rings. The Morgan fingerprint density at radius 2 is 1.83 bits per heavy atom. The molecule has 1 amide bonds. The van der Waals surface area contributed by atoms with Gasteiger partial charge in [-0.15, -0.1) is 0 Å². The molecule has 1 N–H and O–H groups in total. The number of amides is 1. The minimum atomic E-state index is -0.629. The number of hydrogen-bond acceptors (Lipinski definition) is 5. The van der Waals surface area contributed by atoms with Crippen LogP contribution in [0.15, 0.2) is 60.8 Å². The first kappa shape index (κ1) is 23.3. The van der Waals surface area contributed by atoms with Crippen molar-refractivity contribution < 1.29 is 14.3 Å². The van der Waals surface area contributed by atoms with Crippen molar-refractivity contribution in [2.75, 3.05) is 12.4 Å². The minimum absolute atomic E-state index is 0.242. The molecule has 0 saturated carbocycles. The zero-order valence-electron chi connectivity index (χ0n) is 20.7. The number of carbonyl (C=O) groups is 2. The normalized spacial score (nSPS) is 11.2. The van der Waals surface area contributed by atoms with Crippen LogP contribution < -0.4 is 5.32 Å². The number of methoxy groups -OCH3 is 1. The minimum Gasteiger partial charge on any atom is -0.453 e. The lowest BCUT2D eigenvalue weighted by atomic mass is 10.1. The number of carbonyl (C=O) groups excluding carboxylic acids is 2. The van der Waals surface area contributed by atoms with Crippen molar-refractivity contribution in [3.63, 3.8) is 0 Å². The zero-order chi connectivity index (χ0) is 25.4. The van der Waals surface area contributed by atoms with Crippen molar-refractivity contribution in [3.8, 4) is 0 Å². The van der Waals surface area contributed by atoms with Crippen LogP contribution in [0.3, 0.4) is 0 Å². The summed E-state index contributed by atoms with van der Waals surface area (Å²) in [5, 5.41) is 3.55. The predicted molar refractivity (Wildman–Crippen MR) is 140 cm³/mol. The Morgan fingerprint density at radius 3 is 2.61 bits per heavy atom. The molecule has 5 rings (SSSR count). The van der Waals surface area contributed by atoms with Crippen LogP contribution in [-0.4, -0.2) is 38.2 Å². The highest BCUT2D eigenvalue weighted by Gasteiger charge is 2.18. The number of hydrogen-bond donors (Lipinski definition) is 1. The molecule has 3 heterocycles. The number of nitrogens with one attached hydrogen (secondary N) is 1. The van der Waals surface area contributed by atoms with Gasteiger partial charge in [0.05, 0.1) is 30.4 Å². The lowest BCUT2D eigenvalue weighted by Crippen LogP contribution is -2.17. The fourth-order valence-corrected chi connectivity index (χ4v) is 4.60. The van der Waals surface area contributed by atoms with Gasteiger partial charge in [0.25, 0.3) is 5.91 Å². The summed E-state index contributed by atoms with van der Waals surface area (Å²) in [6.45, 7) is 6.80. The fraction of sp³-hybridized carbons (Fsp3) is 0.214. The monoisotopic (exact) mass is 481 g/mol. The number of pyridine rings is 1. The van der Waals surface area contributed by atoms with E-state index in [2.05, 4.69) is 40.6 Å². The molecule has 0 saturated heterocycles. The fourth-order valence-electron chi connectivity index (χ4n) is 4.60. The second-order valence-electron chi connectivity index (χ2n) is 8.77. The third-order valence-corrected chi connectivity index (χ3v) is 6.31. The molecule has 8 heteroatoms. The maximum absolute atomic E-state index is 13.4. The van der Waals surface area contributed by atoms with Gasteiger partial charge >= 0.3 is 6.09 Å². The summed E-state index contributed by atoms with van der Waals surface area (Å²) in [5.41, 5.74) is 6.57. The number of rotatable bonds is 5. The lowest BCUT2D eigenvalue weighted by molar-refractivity contribution is 0.0966. The third kappa shape index (κ3) is 4.11. The number of aryl methyl sites for hydroxylation is 3. The van der Waals surface area contributed by atoms with Crippen molar-refractivity contribution in [2.45, 2.75) is 33.7 Å². The highest BCUT2D eigenvalue weighted by molar-refractivity contribution is 6.07. The molecule has 0 unspecified atom stereocenters. The van der Waals surface area contributed by atoms with Gasteiger partial charge < -0.3 is 9.30 Å². The number of fused-ring (bicyclic) bond motifs is 2. The molecular formula is C28H27N5O3. The average molecular weight is 482 g/mol. The van der Waals surface area contributed by atoms with Crippen molar-refractivity contribution in [1.29, 1.82) is 0 Å². The second kappa shape index (κ2) is 9.30. The van der Waals surface area contributed by atoms with E-state index in [1.54, 1.807) is 35.0 Å². The highest BCUT2D eigenvalue weighted by Crippen LogP contribution is 2.25. The molecule has 0 aliphatic carbocycles. The topological polar surface area (TPSA) is 91.0 Å². The third-order valence-electron chi connectivity index (χ3n) is 6.31. The summed E-state index contributed by atoms with van der Waals surface area (Å²) in [6.07, 6.45) is 1.93. The summed E-state index contributed by atoms with van der Waals surface area (Å²) >= 11 is 0. The SMILES string of the molecule is CCc1nc2c(C)cc(C)nc2n1Cc1ccc2c(ccn2C(=O)c2ccccc2NC(=O)OC)c1. The Kier molecular flexibility index (Phi) is 6.01. The summed E-state index contributed by atoms with van der Waals surface area (Å²) in [7, 11) is 1.28. The molecule has 182 valence electrons. The number of para-hydroxylation sites is 1. The van der Waals surface area contributed by atoms with E-state index in [1.807, 2.05) is 25.1 Å². The molecule has 0 aliphatic rings. The predicted octanol–water partition coefficient (Wildman–Crippen LogP) is 5.48. The van der Waals surface area contributed by atoms with Gasteiger partial charge in [0.15, 0.2) is 5.65 Å². The van der Waals surface area contributed by atoms with Gasteiger partial charge in [0.2, 0.25) is 0 Å². The van der Waals surface area contributed by atoms with Gasteiger partial charge in [-0.1, -0.05) is 25.1 Å². The van der Waals surface area contributed by atoms with E-state index in [9.17, 15) is 9.59 Å². The molecule has 0 bridgehead atoms. The van der Waals surface area contributed by atoms with Crippen LogP contribution in [0.1, 0.15) is 39.9 Å². The first-order valence-electron chi connectivity index (χ1n) is 11.8. The van der Waals surface area contributed by atoms with Crippen molar-refractivity contribution >= 4 is 39.8 Å². The van der Waals surface area contributed by atoms with Gasteiger partial charge in [-0.2, -0.15) is 0 Å². The number of aromatic nitrogens is 4. The number of anilines is 1.